The Morgan fingerprint density at radius 3 is 0.911 bits per heavy atom. The molecule has 0 bridgehead atoms. The van der Waals surface area contributed by atoms with Gasteiger partial charge in [0.05, 0.1) is 26.4 Å². The van der Waals surface area contributed by atoms with Crippen LogP contribution in [0.15, 0.2) is 48.6 Å². The molecule has 0 radical (unpaired) electrons. The Morgan fingerprint density at radius 2 is 0.600 bits per heavy atom. The largest absolute Gasteiger partial charge is 0.472 e. The normalized spacial score (nSPS) is 14.4. The molecule has 0 aliphatic rings. The first-order valence-electron chi connectivity index (χ1n) is 35.8. The SMILES string of the molecule is CCCCCC/C=C\C=C/CCCCCCCC(=O)OC[C@H](COP(=O)(O)OC[C@@H](O)COP(=O)(O)OC[C@@H](COC(=O)CCCCCCCCCCCC)OC(=O)CCCCCCCCCC(C)C)OC(=O)CCCCCCC/C=C\C=C/CCCCCC. The summed E-state index contributed by atoms with van der Waals surface area (Å²) in [5, 5.41) is 10.6. The number of ether oxygens (including phenoxy) is 4. The van der Waals surface area contributed by atoms with Crippen LogP contribution < -0.4 is 0 Å². The third-order valence-electron chi connectivity index (χ3n) is 15.3. The molecule has 0 amide bonds. The number of esters is 4. The van der Waals surface area contributed by atoms with Crippen molar-refractivity contribution in [3.05, 3.63) is 48.6 Å². The highest BCUT2D eigenvalue weighted by Crippen LogP contribution is 2.45. The summed E-state index contributed by atoms with van der Waals surface area (Å²) >= 11 is 0. The molecule has 0 aliphatic carbocycles. The van der Waals surface area contributed by atoms with Crippen LogP contribution in [-0.2, 0) is 65.4 Å². The number of carbonyl (C=O) groups is 4. The molecule has 0 aromatic rings. The van der Waals surface area contributed by atoms with Gasteiger partial charge < -0.3 is 33.8 Å². The monoisotopic (exact) mass is 1320 g/mol. The molecule has 3 N–H and O–H groups in total. The molecule has 90 heavy (non-hydrogen) atoms. The number of aliphatic hydroxyl groups is 1. The van der Waals surface area contributed by atoms with Gasteiger partial charge >= 0.3 is 39.5 Å². The third kappa shape index (κ3) is 63.8. The lowest BCUT2D eigenvalue weighted by Crippen LogP contribution is -2.30. The van der Waals surface area contributed by atoms with E-state index in [0.29, 0.717) is 31.6 Å². The first kappa shape index (κ1) is 87.0. The molecule has 0 aromatic heterocycles. The fourth-order valence-corrected chi connectivity index (χ4v) is 11.3. The molecular weight excluding hydrogens is 1190 g/mol. The van der Waals surface area contributed by atoms with Crippen LogP contribution in [0.2, 0.25) is 0 Å². The smallest absolute Gasteiger partial charge is 0.462 e. The highest BCUT2D eigenvalue weighted by molar-refractivity contribution is 7.47. The number of unbranched alkanes of at least 4 members (excludes halogenated alkanes) is 33. The zero-order valence-electron chi connectivity index (χ0n) is 57.2. The summed E-state index contributed by atoms with van der Waals surface area (Å²) in [7, 11) is -9.92. The number of phosphoric ester groups is 2. The molecule has 19 heteroatoms. The molecule has 0 saturated carbocycles. The van der Waals surface area contributed by atoms with Crippen molar-refractivity contribution in [3.8, 4) is 0 Å². The molecular formula is C71H130O17P2. The minimum absolute atomic E-state index is 0.0780. The maximum absolute atomic E-state index is 13.0. The highest BCUT2D eigenvalue weighted by atomic mass is 31.2. The summed E-state index contributed by atoms with van der Waals surface area (Å²) in [4.78, 5) is 72.5. The van der Waals surface area contributed by atoms with Crippen LogP contribution in [0.5, 0.6) is 0 Å². The Kier molecular flexibility index (Phi) is 61.3. The number of allylic oxidation sites excluding steroid dienone is 8. The van der Waals surface area contributed by atoms with Crippen LogP contribution in [0, 0.1) is 5.92 Å². The lowest BCUT2D eigenvalue weighted by atomic mass is 10.0. The van der Waals surface area contributed by atoms with Gasteiger partial charge in [-0.05, 0) is 83.0 Å². The summed E-state index contributed by atoms with van der Waals surface area (Å²) in [5.74, 6) is -1.49. The summed E-state index contributed by atoms with van der Waals surface area (Å²) in [6.45, 7) is 7.04. The van der Waals surface area contributed by atoms with E-state index in [9.17, 15) is 43.2 Å². The lowest BCUT2D eigenvalue weighted by molar-refractivity contribution is -0.161. The van der Waals surface area contributed by atoms with Crippen molar-refractivity contribution in [1.82, 2.24) is 0 Å². The van der Waals surface area contributed by atoms with Gasteiger partial charge in [0.2, 0.25) is 0 Å². The van der Waals surface area contributed by atoms with Crippen molar-refractivity contribution in [2.75, 3.05) is 39.6 Å². The Morgan fingerprint density at radius 1 is 0.344 bits per heavy atom. The van der Waals surface area contributed by atoms with Crippen molar-refractivity contribution in [2.45, 2.75) is 335 Å². The molecule has 0 fully saturated rings. The number of aliphatic hydroxyl groups excluding tert-OH is 1. The first-order valence-corrected chi connectivity index (χ1v) is 38.8. The third-order valence-corrected chi connectivity index (χ3v) is 17.2. The minimum atomic E-state index is -4.97. The topological polar surface area (TPSA) is 237 Å². The fraction of sp³-hybridized carbons (Fsp3) is 0.831. The van der Waals surface area contributed by atoms with Crippen LogP contribution in [0.25, 0.3) is 0 Å². The average Bonchev–Trinajstić information content (AvgIpc) is 3.73. The van der Waals surface area contributed by atoms with Crippen molar-refractivity contribution in [3.63, 3.8) is 0 Å². The van der Waals surface area contributed by atoms with Gasteiger partial charge in [-0.25, -0.2) is 9.13 Å². The Hall–Kier alpha value is -2.98. The van der Waals surface area contributed by atoms with E-state index in [0.717, 1.165) is 122 Å². The van der Waals surface area contributed by atoms with Gasteiger partial charge in [0, 0.05) is 25.7 Å². The molecule has 17 nitrogen and oxygen atoms in total. The molecule has 0 aromatic carbocycles. The molecule has 526 valence electrons. The fourth-order valence-electron chi connectivity index (χ4n) is 9.74. The quantitative estimate of drug-likeness (QED) is 0.0169. The number of hydrogen-bond donors (Lipinski definition) is 3. The molecule has 0 rings (SSSR count). The second kappa shape index (κ2) is 63.4. The molecule has 2 unspecified atom stereocenters. The lowest BCUT2D eigenvalue weighted by Gasteiger charge is -2.21. The van der Waals surface area contributed by atoms with Gasteiger partial charge in [-0.15, -0.1) is 0 Å². The van der Waals surface area contributed by atoms with Crippen molar-refractivity contribution < 1.29 is 80.2 Å². The molecule has 0 saturated heterocycles. The van der Waals surface area contributed by atoms with E-state index in [1.165, 1.54) is 109 Å². The molecule has 0 aliphatic heterocycles. The van der Waals surface area contributed by atoms with Crippen LogP contribution in [0.1, 0.15) is 317 Å². The zero-order chi connectivity index (χ0) is 66.3. The maximum Gasteiger partial charge on any atom is 0.472 e. The van der Waals surface area contributed by atoms with Crippen molar-refractivity contribution >= 4 is 39.5 Å². The van der Waals surface area contributed by atoms with Crippen molar-refractivity contribution in [1.29, 1.82) is 0 Å². The van der Waals surface area contributed by atoms with Gasteiger partial charge in [-0.1, -0.05) is 263 Å². The standard InChI is InChI=1S/C71H130O17P2/c1-6-9-12-15-18-21-24-26-28-30-32-35-40-45-50-55-69(74)82-60-66(87-70(75)56-51-46-41-36-33-31-29-27-25-22-19-16-13-10-7-2)62-85-89(77,78)83-58-65(72)59-84-90(79,80)86-63-67(88-71(76)57-52-47-42-37-38-43-48-53-64(4)5)61-81-68(73)54-49-44-39-34-23-20-17-14-11-8-3/h21-22,24-29,64-67,72H,6-20,23,30-63H2,1-5H3,(H,77,78)(H,79,80)/b24-21-,25-22-,28-26-,29-27-/t65-,66-,67-/m1/s1. The van der Waals surface area contributed by atoms with E-state index < -0.39 is 97.5 Å². The number of phosphoric acid groups is 2. The average molecular weight is 1320 g/mol. The van der Waals surface area contributed by atoms with Gasteiger partial charge in [-0.2, -0.15) is 0 Å². The number of rotatable bonds is 67. The first-order chi connectivity index (χ1) is 43.5. The Labute approximate surface area is 547 Å². The second-order valence-corrected chi connectivity index (χ2v) is 27.6. The van der Waals surface area contributed by atoms with Crippen LogP contribution in [0.3, 0.4) is 0 Å². The van der Waals surface area contributed by atoms with Crippen LogP contribution >= 0.6 is 15.6 Å². The van der Waals surface area contributed by atoms with E-state index in [1.807, 2.05) is 0 Å². The molecule has 0 heterocycles. The maximum atomic E-state index is 13.0. The van der Waals surface area contributed by atoms with E-state index in [-0.39, 0.29) is 25.7 Å². The Balaban J connectivity index is 5.31. The second-order valence-electron chi connectivity index (χ2n) is 24.7. The zero-order valence-corrected chi connectivity index (χ0v) is 59.0. The summed E-state index contributed by atoms with van der Waals surface area (Å²) < 4.78 is 68.2. The van der Waals surface area contributed by atoms with Crippen LogP contribution in [0.4, 0.5) is 0 Å². The Bertz CT molecular complexity index is 1920. The number of hydrogen-bond acceptors (Lipinski definition) is 15. The van der Waals surface area contributed by atoms with E-state index in [4.69, 9.17) is 37.0 Å². The molecule has 0 spiro atoms. The van der Waals surface area contributed by atoms with E-state index in [1.54, 1.807) is 0 Å². The predicted octanol–water partition coefficient (Wildman–Crippen LogP) is 19.6. The van der Waals surface area contributed by atoms with Gasteiger partial charge in [0.1, 0.15) is 19.3 Å². The predicted molar refractivity (Wildman–Crippen MR) is 363 cm³/mol. The number of carbonyl (C=O) groups excluding carboxylic acids is 4. The van der Waals surface area contributed by atoms with Crippen molar-refractivity contribution in [2.24, 2.45) is 5.92 Å². The van der Waals surface area contributed by atoms with Gasteiger partial charge in [0.15, 0.2) is 12.2 Å². The molecule has 5 atom stereocenters. The highest BCUT2D eigenvalue weighted by Gasteiger charge is 2.30. The van der Waals surface area contributed by atoms with Gasteiger partial charge in [0.25, 0.3) is 0 Å². The van der Waals surface area contributed by atoms with Crippen LogP contribution in [-0.4, -0.2) is 96.7 Å². The summed E-state index contributed by atoms with van der Waals surface area (Å²) in [5.41, 5.74) is 0. The minimum Gasteiger partial charge on any atom is -0.462 e. The van der Waals surface area contributed by atoms with Gasteiger partial charge in [-0.3, -0.25) is 37.3 Å². The van der Waals surface area contributed by atoms with E-state index >= 15 is 0 Å². The summed E-state index contributed by atoms with van der Waals surface area (Å²) in [6.07, 6.45) is 55.8. The summed E-state index contributed by atoms with van der Waals surface area (Å²) in [6, 6.07) is 0. The van der Waals surface area contributed by atoms with E-state index in [2.05, 4.69) is 83.2 Å².